The van der Waals surface area contributed by atoms with Crippen molar-refractivity contribution in [2.24, 2.45) is 0 Å². The Kier molecular flexibility index (Phi) is 3.90. The number of esters is 1. The summed E-state index contributed by atoms with van der Waals surface area (Å²) in [6.45, 7) is 1.69. The monoisotopic (exact) mass is 308 g/mol. The molecule has 5 heteroatoms. The SMILES string of the molecule is [B]C1(C)C=Cc2c(C(=O)OC)c(CCO)c3ccccc3c2O1. The first kappa shape index (κ1) is 15.6. The van der Waals surface area contributed by atoms with E-state index < -0.39 is 11.5 Å². The average molecular weight is 308 g/mol. The van der Waals surface area contributed by atoms with E-state index in [4.69, 9.17) is 17.3 Å². The van der Waals surface area contributed by atoms with Crippen molar-refractivity contribution < 1.29 is 19.4 Å². The van der Waals surface area contributed by atoms with Crippen LogP contribution in [-0.2, 0) is 11.2 Å². The lowest BCUT2D eigenvalue weighted by molar-refractivity contribution is 0.0598. The van der Waals surface area contributed by atoms with Crippen molar-refractivity contribution in [3.63, 3.8) is 0 Å². The first-order valence-corrected chi connectivity index (χ1v) is 7.42. The molecule has 0 bridgehead atoms. The molecule has 2 radical (unpaired) electrons. The molecule has 0 amide bonds. The van der Waals surface area contributed by atoms with Crippen LogP contribution < -0.4 is 4.74 Å². The second-order valence-electron chi connectivity index (χ2n) is 5.73. The van der Waals surface area contributed by atoms with Crippen molar-refractivity contribution in [3.8, 4) is 5.75 Å². The van der Waals surface area contributed by atoms with Gasteiger partial charge >= 0.3 is 5.97 Å². The van der Waals surface area contributed by atoms with Gasteiger partial charge in [-0.3, -0.25) is 0 Å². The van der Waals surface area contributed by atoms with E-state index in [1.807, 2.05) is 24.3 Å². The van der Waals surface area contributed by atoms with Crippen molar-refractivity contribution in [1.29, 1.82) is 0 Å². The normalized spacial score (nSPS) is 19.3. The topological polar surface area (TPSA) is 55.8 Å². The Morgan fingerprint density at radius 3 is 2.70 bits per heavy atom. The Balaban J connectivity index is 2.43. The van der Waals surface area contributed by atoms with Crippen LogP contribution in [0.5, 0.6) is 5.75 Å². The number of rotatable bonds is 3. The van der Waals surface area contributed by atoms with Crippen LogP contribution in [0.15, 0.2) is 30.3 Å². The van der Waals surface area contributed by atoms with E-state index in [9.17, 15) is 9.90 Å². The highest BCUT2D eigenvalue weighted by atomic mass is 16.5. The van der Waals surface area contributed by atoms with E-state index in [0.29, 0.717) is 23.3 Å². The van der Waals surface area contributed by atoms with E-state index >= 15 is 0 Å². The van der Waals surface area contributed by atoms with Crippen molar-refractivity contribution in [1.82, 2.24) is 0 Å². The van der Waals surface area contributed by atoms with Gasteiger partial charge < -0.3 is 14.6 Å². The number of hydrogen-bond acceptors (Lipinski definition) is 4. The lowest BCUT2D eigenvalue weighted by Crippen LogP contribution is -2.32. The highest BCUT2D eigenvalue weighted by Gasteiger charge is 2.29. The summed E-state index contributed by atoms with van der Waals surface area (Å²) in [5, 5.41) is 11.1. The summed E-state index contributed by atoms with van der Waals surface area (Å²) in [7, 11) is 7.41. The predicted octanol–water partition coefficient (Wildman–Crippen LogP) is 2.45. The zero-order valence-corrected chi connectivity index (χ0v) is 13.1. The Hall–Kier alpha value is -2.27. The number of hydrogen-bond donors (Lipinski definition) is 1. The minimum atomic E-state index is -0.943. The van der Waals surface area contributed by atoms with Crippen LogP contribution in [0, 0.1) is 0 Å². The van der Waals surface area contributed by atoms with Crippen molar-refractivity contribution in [2.45, 2.75) is 18.8 Å². The van der Waals surface area contributed by atoms with Gasteiger partial charge in [-0.2, -0.15) is 0 Å². The molecule has 0 saturated carbocycles. The minimum Gasteiger partial charge on any atom is -0.492 e. The van der Waals surface area contributed by atoms with Crippen molar-refractivity contribution in [3.05, 3.63) is 47.0 Å². The lowest BCUT2D eigenvalue weighted by Gasteiger charge is -2.31. The van der Waals surface area contributed by atoms with Crippen LogP contribution in [-0.4, -0.2) is 38.1 Å². The molecule has 1 aliphatic heterocycles. The summed E-state index contributed by atoms with van der Waals surface area (Å²) in [5.41, 5.74) is 0.869. The third-order valence-electron chi connectivity index (χ3n) is 3.97. The number of methoxy groups -OCH3 is 1. The van der Waals surface area contributed by atoms with Gasteiger partial charge in [0.25, 0.3) is 0 Å². The minimum absolute atomic E-state index is 0.0635. The van der Waals surface area contributed by atoms with E-state index in [1.165, 1.54) is 7.11 Å². The molecule has 1 unspecified atom stereocenters. The smallest absolute Gasteiger partial charge is 0.338 e. The molecule has 0 aliphatic carbocycles. The molecule has 1 aliphatic rings. The zero-order valence-electron chi connectivity index (χ0n) is 13.1. The van der Waals surface area contributed by atoms with Crippen LogP contribution in [0.4, 0.5) is 0 Å². The molecule has 0 saturated heterocycles. The molecule has 23 heavy (non-hydrogen) atoms. The van der Waals surface area contributed by atoms with Gasteiger partial charge in [-0.25, -0.2) is 4.79 Å². The van der Waals surface area contributed by atoms with Gasteiger partial charge in [-0.1, -0.05) is 36.4 Å². The number of aliphatic hydroxyl groups excluding tert-OH is 1. The van der Waals surface area contributed by atoms with Gasteiger partial charge in [0, 0.05) is 17.6 Å². The van der Waals surface area contributed by atoms with E-state index in [1.54, 1.807) is 19.1 Å². The highest BCUT2D eigenvalue weighted by molar-refractivity contribution is 6.17. The summed E-state index contributed by atoms with van der Waals surface area (Å²) in [5.74, 6) is 0.111. The molecule has 1 atom stereocenters. The average Bonchev–Trinajstić information content (AvgIpc) is 2.54. The maximum absolute atomic E-state index is 12.4. The molecule has 1 N–H and O–H groups in total. The number of benzene rings is 2. The molecule has 1 heterocycles. The Bertz CT molecular complexity index is 808. The van der Waals surface area contributed by atoms with Crippen LogP contribution in [0.25, 0.3) is 16.8 Å². The first-order chi connectivity index (χ1) is 11.0. The van der Waals surface area contributed by atoms with Crippen molar-refractivity contribution >= 4 is 30.7 Å². The Morgan fingerprint density at radius 2 is 2.04 bits per heavy atom. The van der Waals surface area contributed by atoms with Gasteiger partial charge in [-0.15, -0.1) is 0 Å². The summed E-state index contributed by atoms with van der Waals surface area (Å²) >= 11 is 0. The molecule has 116 valence electrons. The molecule has 2 aromatic rings. The van der Waals surface area contributed by atoms with E-state index in [0.717, 1.165) is 16.3 Å². The second kappa shape index (κ2) is 5.74. The lowest BCUT2D eigenvalue weighted by atomic mass is 9.79. The van der Waals surface area contributed by atoms with Crippen LogP contribution in [0.2, 0.25) is 0 Å². The Morgan fingerprint density at radius 1 is 1.35 bits per heavy atom. The summed E-state index contributed by atoms with van der Waals surface area (Å²) in [6, 6.07) is 7.61. The second-order valence-corrected chi connectivity index (χ2v) is 5.73. The number of carbonyl (C=O) groups excluding carboxylic acids is 1. The fraction of sp³-hybridized carbons (Fsp3) is 0.278. The summed E-state index contributed by atoms with van der Waals surface area (Å²) in [6.07, 6.45) is 3.85. The maximum atomic E-state index is 12.4. The van der Waals surface area contributed by atoms with Gasteiger partial charge in [0.2, 0.25) is 0 Å². The van der Waals surface area contributed by atoms with E-state index in [2.05, 4.69) is 0 Å². The Labute approximate surface area is 136 Å². The van der Waals surface area contributed by atoms with Crippen LogP contribution >= 0.6 is 0 Å². The number of ether oxygens (including phenoxy) is 2. The fourth-order valence-electron chi connectivity index (χ4n) is 2.98. The molecule has 0 aromatic heterocycles. The third kappa shape index (κ3) is 2.61. The third-order valence-corrected chi connectivity index (χ3v) is 3.97. The molecule has 4 nitrogen and oxygen atoms in total. The van der Waals surface area contributed by atoms with Crippen LogP contribution in [0.3, 0.4) is 0 Å². The van der Waals surface area contributed by atoms with Gasteiger partial charge in [0.15, 0.2) is 0 Å². The highest BCUT2D eigenvalue weighted by Crippen LogP contribution is 2.41. The van der Waals surface area contributed by atoms with Gasteiger partial charge in [-0.05, 0) is 24.3 Å². The molecule has 3 rings (SSSR count). The molecule has 2 aromatic carbocycles. The largest absolute Gasteiger partial charge is 0.492 e. The fourth-order valence-corrected chi connectivity index (χ4v) is 2.98. The maximum Gasteiger partial charge on any atom is 0.338 e. The van der Waals surface area contributed by atoms with E-state index in [-0.39, 0.29) is 6.61 Å². The molecule has 0 fully saturated rings. The molecular weight excluding hydrogens is 291 g/mol. The standard InChI is InChI=1S/C18H17BO4/c1-18(19)9-7-14-15(17(21)22-2)12(8-10-20)11-5-3-4-6-13(11)16(14)23-18/h3-7,9,20H,8,10H2,1-2H3. The summed E-state index contributed by atoms with van der Waals surface area (Å²) in [4.78, 5) is 12.4. The molecule has 0 spiro atoms. The van der Waals surface area contributed by atoms with Gasteiger partial charge in [0.05, 0.1) is 18.2 Å². The van der Waals surface area contributed by atoms with Crippen molar-refractivity contribution in [2.75, 3.05) is 13.7 Å². The first-order valence-electron chi connectivity index (χ1n) is 7.42. The van der Waals surface area contributed by atoms with Gasteiger partial charge in [0.1, 0.15) is 13.6 Å². The van der Waals surface area contributed by atoms with Crippen LogP contribution in [0.1, 0.15) is 28.4 Å². The number of fused-ring (bicyclic) bond motifs is 3. The number of carbonyl (C=O) groups is 1. The number of aliphatic hydroxyl groups is 1. The predicted molar refractivity (Wildman–Crippen MR) is 89.9 cm³/mol. The molecular formula is C18H17BO4. The summed E-state index contributed by atoms with van der Waals surface area (Å²) < 4.78 is 10.9. The zero-order chi connectivity index (χ0) is 16.6. The quantitative estimate of drug-likeness (QED) is 0.699.